The Morgan fingerprint density at radius 2 is 1.82 bits per heavy atom. The number of pyridine rings is 1. The van der Waals surface area contributed by atoms with Gasteiger partial charge in [-0.05, 0) is 31.2 Å². The van der Waals surface area contributed by atoms with Crippen molar-refractivity contribution in [3.05, 3.63) is 59.4 Å². The molecule has 0 fully saturated rings. The van der Waals surface area contributed by atoms with E-state index in [4.69, 9.17) is 0 Å². The molecule has 2 rings (SSSR count). The number of aryl methyl sites for hydroxylation is 1. The Bertz CT molecular complexity index is 506. The van der Waals surface area contributed by atoms with E-state index < -0.39 is 11.6 Å². The third-order valence-corrected chi connectivity index (χ3v) is 2.52. The molecule has 0 spiro atoms. The summed E-state index contributed by atoms with van der Waals surface area (Å²) >= 11 is 0. The van der Waals surface area contributed by atoms with E-state index in [0.717, 1.165) is 11.4 Å². The van der Waals surface area contributed by atoms with Crippen molar-refractivity contribution in [1.82, 2.24) is 4.98 Å². The Labute approximate surface area is 98.3 Å². The van der Waals surface area contributed by atoms with Gasteiger partial charge in [-0.15, -0.1) is 0 Å². The van der Waals surface area contributed by atoms with Gasteiger partial charge in [0, 0.05) is 18.3 Å². The predicted octanol–water partition coefficient (Wildman–Crippen LogP) is 3.28. The van der Waals surface area contributed by atoms with Gasteiger partial charge >= 0.3 is 0 Å². The zero-order valence-electron chi connectivity index (χ0n) is 9.37. The Morgan fingerprint density at radius 3 is 2.47 bits per heavy atom. The van der Waals surface area contributed by atoms with E-state index in [0.29, 0.717) is 0 Å². The minimum absolute atomic E-state index is 0.0377. The average molecular weight is 234 g/mol. The molecular weight excluding hydrogens is 222 g/mol. The summed E-state index contributed by atoms with van der Waals surface area (Å²) in [6.07, 6.45) is 1.67. The first-order valence-corrected chi connectivity index (χ1v) is 5.27. The van der Waals surface area contributed by atoms with Crippen LogP contribution in [-0.2, 0) is 6.54 Å². The fraction of sp³-hybridized carbons (Fsp3) is 0.154. The second kappa shape index (κ2) is 4.91. The first kappa shape index (κ1) is 11.5. The molecule has 0 atom stereocenters. The maximum atomic E-state index is 13.4. The number of nitrogens with zero attached hydrogens (tertiary/aromatic N) is 1. The maximum absolute atomic E-state index is 13.4. The Morgan fingerprint density at radius 1 is 1.12 bits per heavy atom. The van der Waals surface area contributed by atoms with Crippen LogP contribution >= 0.6 is 0 Å². The van der Waals surface area contributed by atoms with Gasteiger partial charge in [-0.2, -0.15) is 0 Å². The van der Waals surface area contributed by atoms with Gasteiger partial charge in [-0.3, -0.25) is 4.98 Å². The Kier molecular flexibility index (Phi) is 3.32. The number of hydrogen-bond acceptors (Lipinski definition) is 2. The lowest BCUT2D eigenvalue weighted by molar-refractivity contribution is 0.560. The molecule has 0 saturated carbocycles. The largest absolute Gasteiger partial charge is 0.379 e. The van der Waals surface area contributed by atoms with Crippen LogP contribution in [0.15, 0.2) is 36.5 Å². The van der Waals surface area contributed by atoms with Crippen LogP contribution in [0, 0.1) is 18.6 Å². The molecule has 2 nitrogen and oxygen atoms in total. The summed E-state index contributed by atoms with van der Waals surface area (Å²) in [5.41, 5.74) is 1.61. The third-order valence-electron chi connectivity index (χ3n) is 2.52. The van der Waals surface area contributed by atoms with Gasteiger partial charge < -0.3 is 5.32 Å². The number of benzene rings is 1. The number of aromatic nitrogens is 1. The minimum atomic E-state index is -0.543. The summed E-state index contributed by atoms with van der Waals surface area (Å²) in [7, 11) is 0. The first-order chi connectivity index (χ1) is 8.18. The SMILES string of the molecule is Cc1ncccc1NCc1c(F)cccc1F. The number of hydrogen-bond donors (Lipinski definition) is 1. The Balaban J connectivity index is 2.16. The number of anilines is 1. The van der Waals surface area contributed by atoms with E-state index in [-0.39, 0.29) is 12.1 Å². The molecule has 0 radical (unpaired) electrons. The van der Waals surface area contributed by atoms with Crippen LogP contribution in [0.3, 0.4) is 0 Å². The van der Waals surface area contributed by atoms with Gasteiger partial charge in [0.25, 0.3) is 0 Å². The first-order valence-electron chi connectivity index (χ1n) is 5.27. The van der Waals surface area contributed by atoms with Crippen LogP contribution in [0.2, 0.25) is 0 Å². The van der Waals surface area contributed by atoms with Crippen LogP contribution in [0.25, 0.3) is 0 Å². The highest BCUT2D eigenvalue weighted by atomic mass is 19.1. The fourth-order valence-corrected chi connectivity index (χ4v) is 1.56. The summed E-state index contributed by atoms with van der Waals surface area (Å²) in [6.45, 7) is 1.94. The molecule has 0 amide bonds. The summed E-state index contributed by atoms with van der Waals surface area (Å²) in [5.74, 6) is -1.09. The number of rotatable bonds is 3. The quantitative estimate of drug-likeness (QED) is 0.881. The molecule has 1 aromatic carbocycles. The lowest BCUT2D eigenvalue weighted by Gasteiger charge is -2.09. The molecule has 0 aliphatic rings. The van der Waals surface area contributed by atoms with Gasteiger partial charge in [0.1, 0.15) is 11.6 Å². The highest BCUT2D eigenvalue weighted by molar-refractivity contribution is 5.47. The van der Waals surface area contributed by atoms with Crippen molar-refractivity contribution in [2.75, 3.05) is 5.32 Å². The van der Waals surface area contributed by atoms with E-state index in [1.807, 2.05) is 13.0 Å². The van der Waals surface area contributed by atoms with E-state index in [1.54, 1.807) is 12.3 Å². The van der Waals surface area contributed by atoms with Crippen LogP contribution in [-0.4, -0.2) is 4.98 Å². The second-order valence-electron chi connectivity index (χ2n) is 3.69. The fourth-order valence-electron chi connectivity index (χ4n) is 1.56. The highest BCUT2D eigenvalue weighted by Gasteiger charge is 2.08. The second-order valence-corrected chi connectivity index (χ2v) is 3.69. The molecule has 4 heteroatoms. The molecule has 0 bridgehead atoms. The van der Waals surface area contributed by atoms with Gasteiger partial charge in [-0.1, -0.05) is 6.07 Å². The smallest absolute Gasteiger partial charge is 0.131 e. The molecule has 88 valence electrons. The lowest BCUT2D eigenvalue weighted by atomic mass is 10.2. The molecule has 1 N–H and O–H groups in total. The average Bonchev–Trinajstić information content (AvgIpc) is 2.30. The van der Waals surface area contributed by atoms with Crippen LogP contribution in [0.1, 0.15) is 11.3 Å². The monoisotopic (exact) mass is 234 g/mol. The van der Waals surface area contributed by atoms with Crippen LogP contribution < -0.4 is 5.32 Å². The molecule has 17 heavy (non-hydrogen) atoms. The summed E-state index contributed by atoms with van der Waals surface area (Å²) < 4.78 is 26.7. The Hall–Kier alpha value is -1.97. The van der Waals surface area contributed by atoms with E-state index >= 15 is 0 Å². The van der Waals surface area contributed by atoms with Crippen molar-refractivity contribution < 1.29 is 8.78 Å². The minimum Gasteiger partial charge on any atom is -0.379 e. The summed E-state index contributed by atoms with van der Waals surface area (Å²) in [4.78, 5) is 4.09. The van der Waals surface area contributed by atoms with Gasteiger partial charge in [0.05, 0.1) is 11.4 Å². The lowest BCUT2D eigenvalue weighted by Crippen LogP contribution is -2.05. The molecule has 0 unspecified atom stereocenters. The summed E-state index contributed by atoms with van der Waals surface area (Å²) in [6, 6.07) is 7.43. The van der Waals surface area contributed by atoms with Gasteiger partial charge in [0.2, 0.25) is 0 Å². The van der Waals surface area contributed by atoms with Crippen molar-refractivity contribution in [2.24, 2.45) is 0 Å². The normalized spacial score (nSPS) is 10.3. The van der Waals surface area contributed by atoms with Gasteiger partial charge in [0.15, 0.2) is 0 Å². The summed E-state index contributed by atoms with van der Waals surface area (Å²) in [5, 5.41) is 2.97. The number of nitrogens with one attached hydrogen (secondary N) is 1. The van der Waals surface area contributed by atoms with Crippen molar-refractivity contribution in [2.45, 2.75) is 13.5 Å². The standard InChI is InChI=1S/C13H12F2N2/c1-9-13(6-3-7-16-9)17-8-10-11(14)4-2-5-12(10)15/h2-7,17H,8H2,1H3. The molecule has 0 aliphatic heterocycles. The zero-order valence-corrected chi connectivity index (χ0v) is 9.37. The van der Waals surface area contributed by atoms with Crippen LogP contribution in [0.4, 0.5) is 14.5 Å². The molecule has 0 aliphatic carbocycles. The molecular formula is C13H12F2N2. The van der Waals surface area contributed by atoms with E-state index in [1.165, 1.54) is 18.2 Å². The van der Waals surface area contributed by atoms with Crippen molar-refractivity contribution in [3.63, 3.8) is 0 Å². The predicted molar refractivity (Wildman–Crippen MR) is 62.7 cm³/mol. The van der Waals surface area contributed by atoms with Crippen molar-refractivity contribution in [3.8, 4) is 0 Å². The van der Waals surface area contributed by atoms with E-state index in [2.05, 4.69) is 10.3 Å². The van der Waals surface area contributed by atoms with Crippen molar-refractivity contribution in [1.29, 1.82) is 0 Å². The van der Waals surface area contributed by atoms with Gasteiger partial charge in [-0.25, -0.2) is 8.78 Å². The van der Waals surface area contributed by atoms with Crippen molar-refractivity contribution >= 4 is 5.69 Å². The molecule has 2 aromatic rings. The highest BCUT2D eigenvalue weighted by Crippen LogP contribution is 2.16. The molecule has 1 aromatic heterocycles. The zero-order chi connectivity index (χ0) is 12.3. The van der Waals surface area contributed by atoms with Crippen LogP contribution in [0.5, 0.6) is 0 Å². The molecule has 0 saturated heterocycles. The maximum Gasteiger partial charge on any atom is 0.131 e. The molecule has 1 heterocycles. The number of halogens is 2. The van der Waals surface area contributed by atoms with E-state index in [9.17, 15) is 8.78 Å². The third kappa shape index (κ3) is 2.58. The topological polar surface area (TPSA) is 24.9 Å².